The van der Waals surface area contributed by atoms with Gasteiger partial charge in [0.05, 0.1) is 25.4 Å². The van der Waals surface area contributed by atoms with Crippen LogP contribution in [0.25, 0.3) is 0 Å². The number of anilines is 1. The molecule has 0 saturated carbocycles. The third-order valence-corrected chi connectivity index (χ3v) is 4.07. The van der Waals surface area contributed by atoms with Crippen molar-refractivity contribution < 1.29 is 14.6 Å². The maximum absolute atomic E-state index is 10.1. The molecule has 2 fully saturated rings. The van der Waals surface area contributed by atoms with E-state index in [1.165, 1.54) is 0 Å². The van der Waals surface area contributed by atoms with Gasteiger partial charge in [0, 0.05) is 24.3 Å². The van der Waals surface area contributed by atoms with Crippen molar-refractivity contribution in [3.05, 3.63) is 23.8 Å². The summed E-state index contributed by atoms with van der Waals surface area (Å²) in [5.74, 6) is 0.756. The maximum Gasteiger partial charge on any atom is 0.126 e. The number of ether oxygens (including phenoxy) is 2. The first-order valence-corrected chi connectivity index (χ1v) is 6.94. The van der Waals surface area contributed by atoms with Crippen molar-refractivity contribution in [1.82, 2.24) is 0 Å². The number of fused-ring (bicyclic) bond motifs is 2. The highest BCUT2D eigenvalue weighted by Gasteiger charge is 2.35. The van der Waals surface area contributed by atoms with Gasteiger partial charge in [0.2, 0.25) is 0 Å². The standard InChI is InChI=1S/C15H21NO3/c1-10(17)15-13(4-3-5-14(15)18-2)16-8-11-6-7-12(9-16)19-11/h3-5,10-12,17H,6-9H2,1-2H3. The Labute approximate surface area is 113 Å². The average Bonchev–Trinajstić information content (AvgIpc) is 2.76. The Kier molecular flexibility index (Phi) is 3.37. The summed E-state index contributed by atoms with van der Waals surface area (Å²) in [4.78, 5) is 2.33. The van der Waals surface area contributed by atoms with Crippen LogP contribution in [0.2, 0.25) is 0 Å². The molecule has 104 valence electrons. The van der Waals surface area contributed by atoms with E-state index in [-0.39, 0.29) is 0 Å². The van der Waals surface area contributed by atoms with Crippen LogP contribution in [0.15, 0.2) is 18.2 Å². The maximum atomic E-state index is 10.1. The Morgan fingerprint density at radius 2 is 2.00 bits per heavy atom. The summed E-state index contributed by atoms with van der Waals surface area (Å²) in [5.41, 5.74) is 1.96. The van der Waals surface area contributed by atoms with E-state index in [1.54, 1.807) is 14.0 Å². The molecule has 4 nitrogen and oxygen atoms in total. The first kappa shape index (κ1) is 12.8. The van der Waals surface area contributed by atoms with Gasteiger partial charge in [0.15, 0.2) is 0 Å². The molecule has 3 unspecified atom stereocenters. The highest BCUT2D eigenvalue weighted by atomic mass is 16.5. The Balaban J connectivity index is 1.95. The van der Waals surface area contributed by atoms with Crippen molar-refractivity contribution in [2.24, 2.45) is 0 Å². The number of aliphatic hydroxyl groups excluding tert-OH is 1. The summed E-state index contributed by atoms with van der Waals surface area (Å²) in [6, 6.07) is 5.95. The predicted molar refractivity (Wildman–Crippen MR) is 73.7 cm³/mol. The highest BCUT2D eigenvalue weighted by Crippen LogP contribution is 2.37. The van der Waals surface area contributed by atoms with Gasteiger partial charge in [0.1, 0.15) is 5.75 Å². The molecule has 4 heteroatoms. The van der Waals surface area contributed by atoms with Crippen LogP contribution in [0.3, 0.4) is 0 Å². The molecule has 0 radical (unpaired) electrons. The lowest BCUT2D eigenvalue weighted by Crippen LogP contribution is -2.43. The zero-order chi connectivity index (χ0) is 13.4. The number of benzene rings is 1. The van der Waals surface area contributed by atoms with Crippen LogP contribution in [0.1, 0.15) is 31.4 Å². The molecular formula is C15H21NO3. The molecule has 1 aromatic carbocycles. The SMILES string of the molecule is COc1cccc(N2CC3CCC(C2)O3)c1C(C)O. The van der Waals surface area contributed by atoms with Crippen LogP contribution >= 0.6 is 0 Å². The van der Waals surface area contributed by atoms with Gasteiger partial charge < -0.3 is 19.5 Å². The second-order valence-corrected chi connectivity index (χ2v) is 5.43. The van der Waals surface area contributed by atoms with Gasteiger partial charge >= 0.3 is 0 Å². The fraction of sp³-hybridized carbons (Fsp3) is 0.600. The molecule has 0 aliphatic carbocycles. The Morgan fingerprint density at radius 3 is 2.58 bits per heavy atom. The van der Waals surface area contributed by atoms with E-state index in [9.17, 15) is 5.11 Å². The Morgan fingerprint density at radius 1 is 1.32 bits per heavy atom. The van der Waals surface area contributed by atoms with E-state index in [1.807, 2.05) is 12.1 Å². The fourth-order valence-electron chi connectivity index (χ4n) is 3.22. The van der Waals surface area contributed by atoms with Gasteiger partial charge in [-0.2, -0.15) is 0 Å². The topological polar surface area (TPSA) is 41.9 Å². The summed E-state index contributed by atoms with van der Waals surface area (Å²) >= 11 is 0. The van der Waals surface area contributed by atoms with E-state index >= 15 is 0 Å². The normalized spacial score (nSPS) is 27.4. The summed E-state index contributed by atoms with van der Waals surface area (Å²) in [7, 11) is 1.65. The summed E-state index contributed by atoms with van der Waals surface area (Å²) in [6.45, 7) is 3.60. The number of methoxy groups -OCH3 is 1. The van der Waals surface area contributed by atoms with Crippen molar-refractivity contribution >= 4 is 5.69 Å². The number of hydrogen-bond acceptors (Lipinski definition) is 4. The minimum absolute atomic E-state index is 0.340. The summed E-state index contributed by atoms with van der Waals surface area (Å²) in [5, 5.41) is 10.1. The number of nitrogens with zero attached hydrogens (tertiary/aromatic N) is 1. The van der Waals surface area contributed by atoms with Gasteiger partial charge in [-0.05, 0) is 31.9 Å². The van der Waals surface area contributed by atoms with Crippen LogP contribution in [0, 0.1) is 0 Å². The number of rotatable bonds is 3. The largest absolute Gasteiger partial charge is 0.496 e. The van der Waals surface area contributed by atoms with Crippen molar-refractivity contribution in [3.8, 4) is 5.75 Å². The van der Waals surface area contributed by atoms with Crippen LogP contribution in [-0.2, 0) is 4.74 Å². The smallest absolute Gasteiger partial charge is 0.126 e. The molecule has 3 atom stereocenters. The van der Waals surface area contributed by atoms with E-state index in [0.717, 1.165) is 42.9 Å². The molecule has 0 amide bonds. The third kappa shape index (κ3) is 2.30. The second kappa shape index (κ2) is 5.02. The van der Waals surface area contributed by atoms with Crippen molar-refractivity contribution in [1.29, 1.82) is 0 Å². The zero-order valence-corrected chi connectivity index (χ0v) is 11.5. The number of aliphatic hydroxyl groups is 1. The average molecular weight is 263 g/mol. The zero-order valence-electron chi connectivity index (χ0n) is 11.5. The first-order chi connectivity index (χ1) is 9.19. The molecule has 3 rings (SSSR count). The van der Waals surface area contributed by atoms with Gasteiger partial charge in [0.25, 0.3) is 0 Å². The highest BCUT2D eigenvalue weighted by molar-refractivity contribution is 5.61. The minimum Gasteiger partial charge on any atom is -0.496 e. The van der Waals surface area contributed by atoms with Crippen LogP contribution in [-0.4, -0.2) is 37.5 Å². The van der Waals surface area contributed by atoms with E-state index in [4.69, 9.17) is 9.47 Å². The molecule has 0 aromatic heterocycles. The molecule has 0 spiro atoms. The Hall–Kier alpha value is -1.26. The van der Waals surface area contributed by atoms with Gasteiger partial charge in [-0.1, -0.05) is 6.07 Å². The quantitative estimate of drug-likeness (QED) is 0.907. The first-order valence-electron chi connectivity index (χ1n) is 6.94. The number of morpholine rings is 1. The van der Waals surface area contributed by atoms with Gasteiger partial charge in [-0.15, -0.1) is 0 Å². The minimum atomic E-state index is -0.536. The monoisotopic (exact) mass is 263 g/mol. The second-order valence-electron chi connectivity index (χ2n) is 5.43. The van der Waals surface area contributed by atoms with Crippen LogP contribution < -0.4 is 9.64 Å². The van der Waals surface area contributed by atoms with Crippen molar-refractivity contribution in [2.75, 3.05) is 25.1 Å². The lowest BCUT2D eigenvalue weighted by Gasteiger charge is -2.35. The van der Waals surface area contributed by atoms with E-state index in [2.05, 4.69) is 11.0 Å². The molecule has 2 saturated heterocycles. The molecule has 2 aliphatic rings. The van der Waals surface area contributed by atoms with Crippen LogP contribution in [0.5, 0.6) is 5.75 Å². The van der Waals surface area contributed by atoms with E-state index in [0.29, 0.717) is 12.2 Å². The van der Waals surface area contributed by atoms with E-state index < -0.39 is 6.10 Å². The Bertz CT molecular complexity index is 449. The van der Waals surface area contributed by atoms with Crippen molar-refractivity contribution in [3.63, 3.8) is 0 Å². The molecule has 2 bridgehead atoms. The molecule has 1 N–H and O–H groups in total. The lowest BCUT2D eigenvalue weighted by molar-refractivity contribution is 0.0302. The summed E-state index contributed by atoms with van der Waals surface area (Å²) < 4.78 is 11.3. The van der Waals surface area contributed by atoms with Gasteiger partial charge in [-0.25, -0.2) is 0 Å². The molecule has 1 aromatic rings. The molecule has 2 aliphatic heterocycles. The molecule has 19 heavy (non-hydrogen) atoms. The number of hydrogen-bond donors (Lipinski definition) is 1. The molecular weight excluding hydrogens is 242 g/mol. The molecule has 2 heterocycles. The van der Waals surface area contributed by atoms with Crippen molar-refractivity contribution in [2.45, 2.75) is 38.1 Å². The van der Waals surface area contributed by atoms with Crippen LogP contribution in [0.4, 0.5) is 5.69 Å². The summed E-state index contributed by atoms with van der Waals surface area (Å²) in [6.07, 6.45) is 2.44. The third-order valence-electron chi connectivity index (χ3n) is 4.07. The predicted octanol–water partition coefficient (Wildman–Crippen LogP) is 2.12. The fourth-order valence-corrected chi connectivity index (χ4v) is 3.22. The van der Waals surface area contributed by atoms with Gasteiger partial charge in [-0.3, -0.25) is 0 Å². The lowest BCUT2D eigenvalue weighted by atomic mass is 10.0.